The molecule has 1 aliphatic heterocycles. The highest BCUT2D eigenvalue weighted by molar-refractivity contribution is 7.16. The molecule has 0 bridgehead atoms. The monoisotopic (exact) mass is 298 g/mol. The van der Waals surface area contributed by atoms with Crippen LogP contribution in [0.1, 0.15) is 47.3 Å². The fourth-order valence-electron chi connectivity index (χ4n) is 3.57. The molecule has 2 aromatic heterocycles. The zero-order valence-corrected chi connectivity index (χ0v) is 12.9. The van der Waals surface area contributed by atoms with Crippen molar-refractivity contribution >= 4 is 22.2 Å². The summed E-state index contributed by atoms with van der Waals surface area (Å²) in [6.07, 6.45) is 7.79. The molecule has 1 aliphatic carbocycles. The lowest BCUT2D eigenvalue weighted by atomic mass is 9.80. The van der Waals surface area contributed by atoms with E-state index in [1.165, 1.54) is 22.4 Å². The van der Waals surface area contributed by atoms with Crippen molar-refractivity contribution in [3.05, 3.63) is 46.1 Å². The van der Waals surface area contributed by atoms with Crippen molar-refractivity contribution in [3.63, 3.8) is 0 Å². The van der Waals surface area contributed by atoms with Gasteiger partial charge < -0.3 is 5.32 Å². The van der Waals surface area contributed by atoms with Crippen LogP contribution in [0.3, 0.4) is 0 Å². The van der Waals surface area contributed by atoms with E-state index in [2.05, 4.69) is 23.3 Å². The number of thiophene rings is 1. The molecule has 0 saturated carbocycles. The van der Waals surface area contributed by atoms with Crippen molar-refractivity contribution in [1.82, 2.24) is 4.98 Å². The Morgan fingerprint density at radius 1 is 1.38 bits per heavy atom. The Labute approximate surface area is 128 Å². The summed E-state index contributed by atoms with van der Waals surface area (Å²) in [6.45, 7) is 2.32. The number of aromatic nitrogens is 1. The van der Waals surface area contributed by atoms with Gasteiger partial charge in [0.05, 0.1) is 5.00 Å². The molecule has 3 heterocycles. The van der Waals surface area contributed by atoms with E-state index in [1.54, 1.807) is 17.5 Å². The number of carbonyl (C=O) groups excluding carboxylic acids is 1. The topological polar surface area (TPSA) is 42.0 Å². The maximum absolute atomic E-state index is 12.1. The second-order valence-corrected chi connectivity index (χ2v) is 7.29. The minimum atomic E-state index is 0.128. The van der Waals surface area contributed by atoms with Crippen LogP contribution in [0.15, 0.2) is 24.5 Å². The Morgan fingerprint density at radius 2 is 2.29 bits per heavy atom. The molecule has 0 fully saturated rings. The molecule has 108 valence electrons. The van der Waals surface area contributed by atoms with Crippen LogP contribution >= 0.6 is 11.3 Å². The summed E-state index contributed by atoms with van der Waals surface area (Å²) in [5.41, 5.74) is 4.03. The van der Waals surface area contributed by atoms with Gasteiger partial charge in [0.2, 0.25) is 5.91 Å². The van der Waals surface area contributed by atoms with Crippen molar-refractivity contribution in [2.24, 2.45) is 5.92 Å². The van der Waals surface area contributed by atoms with Crippen molar-refractivity contribution in [2.75, 3.05) is 5.32 Å². The molecule has 4 rings (SSSR count). The molecule has 2 aromatic rings. The highest BCUT2D eigenvalue weighted by Gasteiger charge is 2.34. The molecular weight excluding hydrogens is 280 g/mol. The first-order valence-corrected chi connectivity index (χ1v) is 8.38. The second kappa shape index (κ2) is 4.95. The number of hydrogen-bond acceptors (Lipinski definition) is 3. The van der Waals surface area contributed by atoms with Gasteiger partial charge in [0.15, 0.2) is 0 Å². The Bertz CT molecular complexity index is 692. The highest BCUT2D eigenvalue weighted by Crippen LogP contribution is 2.48. The first-order valence-electron chi connectivity index (χ1n) is 7.56. The van der Waals surface area contributed by atoms with Crippen LogP contribution in [-0.2, 0) is 17.6 Å². The standard InChI is InChI=1S/C17H18N2OS/c1-10-4-5-12-14(7-10)21-17-16(12)13(8-15(20)19-17)11-3-2-6-18-9-11/h2-3,6,9-10,13H,4-5,7-8H2,1H3,(H,19,20)/t10-,13-/m0/s1. The van der Waals surface area contributed by atoms with Gasteiger partial charge in [-0.15, -0.1) is 11.3 Å². The lowest BCUT2D eigenvalue weighted by Crippen LogP contribution is -2.23. The summed E-state index contributed by atoms with van der Waals surface area (Å²) < 4.78 is 0. The van der Waals surface area contributed by atoms with Crippen LogP contribution < -0.4 is 5.32 Å². The van der Waals surface area contributed by atoms with E-state index in [9.17, 15) is 4.79 Å². The van der Waals surface area contributed by atoms with Crippen molar-refractivity contribution < 1.29 is 4.79 Å². The number of fused-ring (bicyclic) bond motifs is 3. The van der Waals surface area contributed by atoms with Crippen molar-refractivity contribution in [3.8, 4) is 0 Å². The van der Waals surface area contributed by atoms with Crippen molar-refractivity contribution in [1.29, 1.82) is 0 Å². The summed E-state index contributed by atoms with van der Waals surface area (Å²) in [7, 11) is 0. The summed E-state index contributed by atoms with van der Waals surface area (Å²) in [6, 6.07) is 4.05. The summed E-state index contributed by atoms with van der Waals surface area (Å²) in [5.74, 6) is 1.06. The average Bonchev–Trinajstić information content (AvgIpc) is 2.84. The Hall–Kier alpha value is -1.68. The molecule has 0 saturated heterocycles. The zero-order chi connectivity index (χ0) is 14.4. The third-order valence-electron chi connectivity index (χ3n) is 4.63. The third kappa shape index (κ3) is 2.18. The molecule has 21 heavy (non-hydrogen) atoms. The van der Waals surface area contributed by atoms with E-state index in [4.69, 9.17) is 0 Å². The van der Waals surface area contributed by atoms with Crippen LogP contribution in [0.25, 0.3) is 0 Å². The van der Waals surface area contributed by atoms with Gasteiger partial charge in [0, 0.05) is 29.6 Å². The fourth-order valence-corrected chi connectivity index (χ4v) is 5.06. The molecule has 1 amide bonds. The lowest BCUT2D eigenvalue weighted by molar-refractivity contribution is -0.116. The van der Waals surface area contributed by atoms with E-state index < -0.39 is 0 Å². The normalized spacial score (nSPS) is 24.1. The first kappa shape index (κ1) is 13.0. The van der Waals surface area contributed by atoms with Gasteiger partial charge in [0.25, 0.3) is 0 Å². The molecular formula is C17H18N2OS. The molecule has 2 atom stereocenters. The number of nitrogens with one attached hydrogen (secondary N) is 1. The van der Waals surface area contributed by atoms with E-state index in [-0.39, 0.29) is 11.8 Å². The smallest absolute Gasteiger partial charge is 0.225 e. The predicted molar refractivity (Wildman–Crippen MR) is 84.8 cm³/mol. The molecule has 0 unspecified atom stereocenters. The number of amides is 1. The average molecular weight is 298 g/mol. The van der Waals surface area contributed by atoms with Crippen LogP contribution in [0, 0.1) is 5.92 Å². The van der Waals surface area contributed by atoms with Gasteiger partial charge in [0.1, 0.15) is 0 Å². The molecule has 1 N–H and O–H groups in total. The minimum Gasteiger partial charge on any atom is -0.317 e. The molecule has 2 aliphatic rings. The van der Waals surface area contributed by atoms with Crippen LogP contribution in [0.4, 0.5) is 5.00 Å². The maximum atomic E-state index is 12.1. The van der Waals surface area contributed by atoms with Gasteiger partial charge in [-0.05, 0) is 47.9 Å². The summed E-state index contributed by atoms with van der Waals surface area (Å²) in [5, 5.41) is 4.17. The first-order chi connectivity index (χ1) is 10.2. The summed E-state index contributed by atoms with van der Waals surface area (Å²) in [4.78, 5) is 17.8. The third-order valence-corrected chi connectivity index (χ3v) is 5.82. The van der Waals surface area contributed by atoms with Gasteiger partial charge >= 0.3 is 0 Å². The number of anilines is 1. The van der Waals surface area contributed by atoms with Gasteiger partial charge in [-0.3, -0.25) is 9.78 Å². The number of nitrogens with zero attached hydrogens (tertiary/aromatic N) is 1. The molecule has 4 heteroatoms. The Balaban J connectivity index is 1.84. The second-order valence-electron chi connectivity index (χ2n) is 6.19. The van der Waals surface area contributed by atoms with E-state index >= 15 is 0 Å². The van der Waals surface area contributed by atoms with Crippen LogP contribution in [0.5, 0.6) is 0 Å². The van der Waals surface area contributed by atoms with Crippen LogP contribution in [-0.4, -0.2) is 10.9 Å². The predicted octanol–water partition coefficient (Wildman–Crippen LogP) is 3.74. The lowest BCUT2D eigenvalue weighted by Gasteiger charge is -2.26. The van der Waals surface area contributed by atoms with Crippen molar-refractivity contribution in [2.45, 2.75) is 38.5 Å². The largest absolute Gasteiger partial charge is 0.317 e. The van der Waals surface area contributed by atoms with Crippen LogP contribution in [0.2, 0.25) is 0 Å². The number of pyridine rings is 1. The minimum absolute atomic E-state index is 0.128. The number of carbonyl (C=O) groups is 1. The van der Waals surface area contributed by atoms with Gasteiger partial charge in [-0.25, -0.2) is 0 Å². The van der Waals surface area contributed by atoms with Gasteiger partial charge in [-0.2, -0.15) is 0 Å². The SMILES string of the molecule is C[C@H]1CCc2c(sc3c2[C@H](c2cccnc2)CC(=O)N3)C1. The molecule has 0 aromatic carbocycles. The zero-order valence-electron chi connectivity index (χ0n) is 12.1. The summed E-state index contributed by atoms with van der Waals surface area (Å²) >= 11 is 1.79. The Morgan fingerprint density at radius 3 is 3.10 bits per heavy atom. The molecule has 0 spiro atoms. The number of rotatable bonds is 1. The number of hydrogen-bond donors (Lipinski definition) is 1. The quantitative estimate of drug-likeness (QED) is 0.871. The molecule has 0 radical (unpaired) electrons. The molecule has 3 nitrogen and oxygen atoms in total. The fraction of sp³-hybridized carbons (Fsp3) is 0.412. The van der Waals surface area contributed by atoms with Gasteiger partial charge in [-0.1, -0.05) is 13.0 Å². The highest BCUT2D eigenvalue weighted by atomic mass is 32.1. The van der Waals surface area contributed by atoms with E-state index in [1.807, 2.05) is 12.3 Å². The maximum Gasteiger partial charge on any atom is 0.225 e. The Kier molecular flexibility index (Phi) is 3.07. The van der Waals surface area contributed by atoms with E-state index in [0.717, 1.165) is 29.3 Å². The van der Waals surface area contributed by atoms with E-state index in [0.29, 0.717) is 6.42 Å².